The second-order valence-electron chi connectivity index (χ2n) is 4.19. The zero-order chi connectivity index (χ0) is 14.7. The van der Waals surface area contributed by atoms with Gasteiger partial charge in [-0.1, -0.05) is 6.07 Å². The van der Waals surface area contributed by atoms with Crippen molar-refractivity contribution >= 4 is 27.3 Å². The number of nitriles is 2. The molecule has 0 spiro atoms. The van der Waals surface area contributed by atoms with Crippen molar-refractivity contribution in [3.05, 3.63) is 42.2 Å². The molecule has 0 amide bonds. The first-order chi connectivity index (χ1) is 10.3. The summed E-state index contributed by atoms with van der Waals surface area (Å²) in [6, 6.07) is 13.0. The molecule has 0 unspecified atom stereocenters. The van der Waals surface area contributed by atoms with E-state index in [2.05, 4.69) is 9.98 Å². The standard InChI is InChI=1S/C15H8N4OS/c16-7-11(8-17)18-9-10-3-4-12-14(6-10)21-15(19-12)13-2-1-5-20-13/h1-6H,9H2. The van der Waals surface area contributed by atoms with Crippen LogP contribution in [0.1, 0.15) is 5.56 Å². The molecule has 0 saturated carbocycles. The number of thiazole rings is 1. The molecule has 0 aliphatic rings. The van der Waals surface area contributed by atoms with Gasteiger partial charge in [0.25, 0.3) is 0 Å². The summed E-state index contributed by atoms with van der Waals surface area (Å²) in [6.07, 6.45) is 1.62. The summed E-state index contributed by atoms with van der Waals surface area (Å²) in [5.41, 5.74) is 1.70. The van der Waals surface area contributed by atoms with Crippen LogP contribution in [0, 0.1) is 22.7 Å². The lowest BCUT2D eigenvalue weighted by Gasteiger charge is -1.95. The molecule has 3 rings (SSSR count). The van der Waals surface area contributed by atoms with E-state index in [4.69, 9.17) is 14.9 Å². The molecular formula is C15H8N4OS. The molecule has 0 atom stereocenters. The number of hydrogen-bond acceptors (Lipinski definition) is 6. The van der Waals surface area contributed by atoms with Crippen LogP contribution in [0.15, 0.2) is 46.0 Å². The Morgan fingerprint density at radius 2 is 2.14 bits per heavy atom. The van der Waals surface area contributed by atoms with Crippen LogP contribution in [0.5, 0.6) is 0 Å². The fourth-order valence-electron chi connectivity index (χ4n) is 1.84. The zero-order valence-corrected chi connectivity index (χ0v) is 11.6. The van der Waals surface area contributed by atoms with Crippen LogP contribution in [0.4, 0.5) is 0 Å². The van der Waals surface area contributed by atoms with Gasteiger partial charge in [0.2, 0.25) is 5.71 Å². The van der Waals surface area contributed by atoms with Gasteiger partial charge in [0.1, 0.15) is 12.1 Å². The molecule has 0 bridgehead atoms. The lowest BCUT2D eigenvalue weighted by molar-refractivity contribution is 0.582. The smallest absolute Gasteiger partial charge is 0.213 e. The highest BCUT2D eigenvalue weighted by atomic mass is 32.1. The first-order valence-corrected chi connectivity index (χ1v) is 6.90. The summed E-state index contributed by atoms with van der Waals surface area (Å²) in [7, 11) is 0. The first kappa shape index (κ1) is 13.0. The molecule has 2 aromatic heterocycles. The van der Waals surface area contributed by atoms with Crippen molar-refractivity contribution in [3.63, 3.8) is 0 Å². The molecule has 100 valence electrons. The molecule has 0 fully saturated rings. The molecule has 2 heterocycles. The minimum absolute atomic E-state index is 0.115. The fraction of sp³-hybridized carbons (Fsp3) is 0.0667. The van der Waals surface area contributed by atoms with Crippen molar-refractivity contribution in [1.82, 2.24) is 4.98 Å². The maximum atomic E-state index is 8.66. The summed E-state index contributed by atoms with van der Waals surface area (Å²) in [4.78, 5) is 8.46. The van der Waals surface area contributed by atoms with Gasteiger partial charge in [0, 0.05) is 0 Å². The Morgan fingerprint density at radius 3 is 2.86 bits per heavy atom. The number of nitrogens with zero attached hydrogens (tertiary/aromatic N) is 4. The molecule has 1 aromatic carbocycles. The van der Waals surface area contributed by atoms with Gasteiger partial charge in [0.05, 0.1) is 23.0 Å². The largest absolute Gasteiger partial charge is 0.462 e. The van der Waals surface area contributed by atoms with Crippen LogP contribution in [0.2, 0.25) is 0 Å². The van der Waals surface area contributed by atoms with Crippen molar-refractivity contribution < 1.29 is 4.42 Å². The molecule has 0 N–H and O–H groups in total. The third-order valence-corrected chi connectivity index (χ3v) is 3.85. The minimum Gasteiger partial charge on any atom is -0.462 e. The van der Waals surface area contributed by atoms with E-state index in [-0.39, 0.29) is 5.71 Å². The molecule has 21 heavy (non-hydrogen) atoms. The minimum atomic E-state index is -0.115. The van der Waals surface area contributed by atoms with Gasteiger partial charge in [-0.15, -0.1) is 11.3 Å². The van der Waals surface area contributed by atoms with Crippen LogP contribution in [0.3, 0.4) is 0 Å². The van der Waals surface area contributed by atoms with Crippen LogP contribution >= 0.6 is 11.3 Å². The third kappa shape index (κ3) is 2.66. The Hall–Kier alpha value is -2.96. The van der Waals surface area contributed by atoms with E-state index in [1.165, 1.54) is 11.3 Å². The molecular weight excluding hydrogens is 284 g/mol. The van der Waals surface area contributed by atoms with Crippen molar-refractivity contribution in [2.45, 2.75) is 6.54 Å². The van der Waals surface area contributed by atoms with E-state index in [0.29, 0.717) is 6.54 Å². The lowest BCUT2D eigenvalue weighted by atomic mass is 10.2. The maximum Gasteiger partial charge on any atom is 0.213 e. The highest BCUT2D eigenvalue weighted by molar-refractivity contribution is 7.21. The van der Waals surface area contributed by atoms with Crippen LogP contribution in [0.25, 0.3) is 21.0 Å². The average molecular weight is 292 g/mol. The molecule has 5 nitrogen and oxygen atoms in total. The molecule has 3 aromatic rings. The van der Waals surface area contributed by atoms with Gasteiger partial charge in [-0.2, -0.15) is 10.5 Å². The number of furan rings is 1. The highest BCUT2D eigenvalue weighted by Gasteiger charge is 2.08. The van der Waals surface area contributed by atoms with Gasteiger partial charge in [-0.3, -0.25) is 4.99 Å². The fourth-order valence-corrected chi connectivity index (χ4v) is 2.84. The summed E-state index contributed by atoms with van der Waals surface area (Å²) < 4.78 is 6.36. The molecule has 0 aliphatic carbocycles. The number of hydrogen-bond donors (Lipinski definition) is 0. The molecule has 0 saturated heterocycles. The predicted octanol–water partition coefficient (Wildman–Crippen LogP) is 3.54. The Bertz CT molecular complexity index is 878. The summed E-state index contributed by atoms with van der Waals surface area (Å²) >= 11 is 1.53. The van der Waals surface area contributed by atoms with Crippen LogP contribution in [-0.4, -0.2) is 10.7 Å². The van der Waals surface area contributed by atoms with E-state index >= 15 is 0 Å². The number of rotatable bonds is 3. The summed E-state index contributed by atoms with van der Waals surface area (Å²) in [6.45, 7) is 0.306. The van der Waals surface area contributed by atoms with Crippen LogP contribution < -0.4 is 0 Å². The average Bonchev–Trinajstić information content (AvgIpc) is 3.16. The molecule has 0 aliphatic heterocycles. The maximum absolute atomic E-state index is 8.66. The van der Waals surface area contributed by atoms with Gasteiger partial charge in [-0.05, 0) is 29.8 Å². The quantitative estimate of drug-likeness (QED) is 0.691. The monoisotopic (exact) mass is 292 g/mol. The SMILES string of the molecule is N#CC(C#N)=NCc1ccc2nc(-c3ccco3)sc2c1. The number of aromatic nitrogens is 1. The van der Waals surface area contributed by atoms with E-state index in [0.717, 1.165) is 26.5 Å². The number of benzene rings is 1. The van der Waals surface area contributed by atoms with Crippen molar-refractivity contribution in [1.29, 1.82) is 10.5 Å². The highest BCUT2D eigenvalue weighted by Crippen LogP contribution is 2.30. The zero-order valence-electron chi connectivity index (χ0n) is 10.8. The van der Waals surface area contributed by atoms with E-state index in [1.54, 1.807) is 18.4 Å². The molecule has 6 heteroatoms. The van der Waals surface area contributed by atoms with Crippen molar-refractivity contribution in [2.75, 3.05) is 0 Å². The third-order valence-electron chi connectivity index (χ3n) is 2.82. The predicted molar refractivity (Wildman–Crippen MR) is 79.7 cm³/mol. The van der Waals surface area contributed by atoms with Gasteiger partial charge in [-0.25, -0.2) is 4.98 Å². The van der Waals surface area contributed by atoms with Gasteiger partial charge < -0.3 is 4.42 Å². The molecule has 0 radical (unpaired) electrons. The Kier molecular flexibility index (Phi) is 3.46. The lowest BCUT2D eigenvalue weighted by Crippen LogP contribution is -1.90. The number of fused-ring (bicyclic) bond motifs is 1. The Balaban J connectivity index is 1.93. The number of aliphatic imine (C=N–C) groups is 1. The second-order valence-corrected chi connectivity index (χ2v) is 5.22. The topological polar surface area (TPSA) is 86.0 Å². The summed E-state index contributed by atoms with van der Waals surface area (Å²) in [5.74, 6) is 0.743. The van der Waals surface area contributed by atoms with Gasteiger partial charge >= 0.3 is 0 Å². The van der Waals surface area contributed by atoms with E-state index in [9.17, 15) is 0 Å². The van der Waals surface area contributed by atoms with E-state index < -0.39 is 0 Å². The van der Waals surface area contributed by atoms with Gasteiger partial charge in [0.15, 0.2) is 10.8 Å². The Labute approximate surface area is 124 Å². The van der Waals surface area contributed by atoms with Crippen molar-refractivity contribution in [3.8, 4) is 22.9 Å². The van der Waals surface area contributed by atoms with Crippen molar-refractivity contribution in [2.24, 2.45) is 4.99 Å². The normalized spacial score (nSPS) is 10.0. The second kappa shape index (κ2) is 5.58. The first-order valence-electron chi connectivity index (χ1n) is 6.08. The van der Waals surface area contributed by atoms with E-state index in [1.807, 2.05) is 30.3 Å². The van der Waals surface area contributed by atoms with Crippen LogP contribution in [-0.2, 0) is 6.54 Å². The Morgan fingerprint density at radius 1 is 1.29 bits per heavy atom. The summed E-state index contributed by atoms with van der Waals surface area (Å²) in [5, 5.41) is 18.2.